The van der Waals surface area contributed by atoms with Crippen LogP contribution in [0.1, 0.15) is 19.3 Å². The van der Waals surface area contributed by atoms with Crippen molar-refractivity contribution in [3.05, 3.63) is 5.51 Å². The van der Waals surface area contributed by atoms with Gasteiger partial charge in [-0.3, -0.25) is 5.32 Å². The van der Waals surface area contributed by atoms with Gasteiger partial charge in [0.05, 0.1) is 0 Å². The van der Waals surface area contributed by atoms with Crippen molar-refractivity contribution in [1.82, 2.24) is 15.5 Å². The van der Waals surface area contributed by atoms with Crippen LogP contribution in [0.2, 0.25) is 0 Å². The van der Waals surface area contributed by atoms with Gasteiger partial charge in [0.2, 0.25) is 5.13 Å². The summed E-state index contributed by atoms with van der Waals surface area (Å²) >= 11 is 1.29. The molecule has 0 radical (unpaired) electrons. The number of amides is 2. The third-order valence-electron chi connectivity index (χ3n) is 4.18. The van der Waals surface area contributed by atoms with Gasteiger partial charge in [0.1, 0.15) is 5.51 Å². The Labute approximate surface area is 109 Å². The number of hydrogen-bond acceptors (Lipinski definition) is 5. The van der Waals surface area contributed by atoms with Gasteiger partial charge < -0.3 is 10.4 Å². The fourth-order valence-corrected chi connectivity index (χ4v) is 3.85. The predicted octanol–water partition coefficient (Wildman–Crippen LogP) is 1.07. The standard InChI is InChI=1S/C11H16N4O2S/c16-4-8-6-1-2-7(3-6)9(8)13-10(17)14-11-15-12-5-18-11/h5-9,16H,1-4H2,(H2,13,14,15,17)/t6-,7-,8-,9-/m0/s1. The number of rotatable bonds is 3. The summed E-state index contributed by atoms with van der Waals surface area (Å²) in [5, 5.41) is 23.0. The van der Waals surface area contributed by atoms with Gasteiger partial charge in [0, 0.05) is 18.6 Å². The van der Waals surface area contributed by atoms with Gasteiger partial charge in [-0.05, 0) is 31.1 Å². The van der Waals surface area contributed by atoms with E-state index in [4.69, 9.17) is 0 Å². The normalized spacial score (nSPS) is 33.6. The number of aromatic nitrogens is 2. The number of aliphatic hydroxyl groups is 1. The Bertz CT molecular complexity index is 425. The molecule has 18 heavy (non-hydrogen) atoms. The molecule has 2 saturated carbocycles. The smallest absolute Gasteiger partial charge is 0.321 e. The van der Waals surface area contributed by atoms with E-state index < -0.39 is 0 Å². The Morgan fingerprint density at radius 3 is 3.06 bits per heavy atom. The predicted molar refractivity (Wildman–Crippen MR) is 67.3 cm³/mol. The van der Waals surface area contributed by atoms with Crippen molar-refractivity contribution < 1.29 is 9.90 Å². The van der Waals surface area contributed by atoms with Crippen LogP contribution in [0.25, 0.3) is 0 Å². The van der Waals surface area contributed by atoms with Gasteiger partial charge in [-0.1, -0.05) is 11.3 Å². The zero-order chi connectivity index (χ0) is 12.5. The lowest BCUT2D eigenvalue weighted by Gasteiger charge is -2.30. The number of carbonyl (C=O) groups is 1. The molecule has 3 rings (SSSR count). The molecule has 98 valence electrons. The van der Waals surface area contributed by atoms with Crippen molar-refractivity contribution in [2.45, 2.75) is 25.3 Å². The maximum Gasteiger partial charge on any atom is 0.321 e. The van der Waals surface area contributed by atoms with Crippen molar-refractivity contribution in [3.8, 4) is 0 Å². The van der Waals surface area contributed by atoms with Crippen LogP contribution in [0.15, 0.2) is 5.51 Å². The monoisotopic (exact) mass is 268 g/mol. The van der Waals surface area contributed by atoms with Crippen molar-refractivity contribution in [1.29, 1.82) is 0 Å². The minimum atomic E-state index is -0.247. The molecule has 2 amide bonds. The molecular weight excluding hydrogens is 252 g/mol. The quantitative estimate of drug-likeness (QED) is 0.765. The second-order valence-corrected chi connectivity index (χ2v) is 5.88. The van der Waals surface area contributed by atoms with Gasteiger partial charge in [-0.15, -0.1) is 10.2 Å². The summed E-state index contributed by atoms with van der Waals surface area (Å²) in [4.78, 5) is 11.8. The zero-order valence-electron chi connectivity index (χ0n) is 9.87. The fourth-order valence-electron chi connectivity index (χ4n) is 3.41. The number of anilines is 1. The molecule has 0 spiro atoms. The highest BCUT2D eigenvalue weighted by Gasteiger charge is 2.47. The number of nitrogens with one attached hydrogen (secondary N) is 2. The summed E-state index contributed by atoms with van der Waals surface area (Å²) in [5.74, 6) is 1.31. The van der Waals surface area contributed by atoms with Crippen LogP contribution in [0.4, 0.5) is 9.93 Å². The van der Waals surface area contributed by atoms with Crippen LogP contribution in [0.3, 0.4) is 0 Å². The lowest BCUT2D eigenvalue weighted by Crippen LogP contribution is -2.46. The van der Waals surface area contributed by atoms with E-state index in [1.807, 2.05) is 0 Å². The average Bonchev–Trinajstić information content (AvgIpc) is 3.04. The van der Waals surface area contributed by atoms with Gasteiger partial charge in [-0.25, -0.2) is 4.79 Å². The van der Waals surface area contributed by atoms with Gasteiger partial charge in [-0.2, -0.15) is 0 Å². The molecule has 7 heteroatoms. The van der Waals surface area contributed by atoms with Gasteiger partial charge >= 0.3 is 6.03 Å². The number of urea groups is 1. The van der Waals surface area contributed by atoms with Crippen LogP contribution >= 0.6 is 11.3 Å². The van der Waals surface area contributed by atoms with Gasteiger partial charge in [0.15, 0.2) is 0 Å². The Morgan fingerprint density at radius 1 is 1.50 bits per heavy atom. The highest BCUT2D eigenvalue weighted by Crippen LogP contribution is 2.48. The molecular formula is C11H16N4O2S. The first kappa shape index (κ1) is 11.9. The molecule has 2 fully saturated rings. The number of aliphatic hydroxyl groups excluding tert-OH is 1. The van der Waals surface area contributed by atoms with Crippen LogP contribution in [0.5, 0.6) is 0 Å². The molecule has 0 aromatic carbocycles. The van der Waals surface area contributed by atoms with E-state index in [1.54, 1.807) is 5.51 Å². The van der Waals surface area contributed by atoms with Crippen molar-refractivity contribution >= 4 is 22.5 Å². The molecule has 1 aromatic rings. The fraction of sp³-hybridized carbons (Fsp3) is 0.727. The molecule has 1 heterocycles. The number of hydrogen-bond donors (Lipinski definition) is 3. The topological polar surface area (TPSA) is 87.1 Å². The second-order valence-electron chi connectivity index (χ2n) is 5.05. The molecule has 2 aliphatic carbocycles. The van der Waals surface area contributed by atoms with E-state index in [0.29, 0.717) is 17.0 Å². The molecule has 0 saturated heterocycles. The van der Waals surface area contributed by atoms with Crippen molar-refractivity contribution in [2.75, 3.05) is 11.9 Å². The summed E-state index contributed by atoms with van der Waals surface area (Å²) in [6.07, 6.45) is 3.48. The molecule has 6 nitrogen and oxygen atoms in total. The largest absolute Gasteiger partial charge is 0.396 e. The Kier molecular flexibility index (Phi) is 3.17. The zero-order valence-corrected chi connectivity index (χ0v) is 10.7. The summed E-state index contributed by atoms with van der Waals surface area (Å²) in [6, 6.07) is -0.149. The molecule has 1 aromatic heterocycles. The molecule has 0 aliphatic heterocycles. The van der Waals surface area contributed by atoms with E-state index >= 15 is 0 Å². The third kappa shape index (κ3) is 2.08. The Morgan fingerprint density at radius 2 is 2.33 bits per heavy atom. The summed E-state index contributed by atoms with van der Waals surface area (Å²) in [5.41, 5.74) is 1.57. The Hall–Kier alpha value is -1.21. The average molecular weight is 268 g/mol. The first-order chi connectivity index (χ1) is 8.78. The van der Waals surface area contributed by atoms with E-state index in [-0.39, 0.29) is 24.6 Å². The SMILES string of the molecule is O=C(Nc1nncs1)N[C@H]1[C@H]2CC[C@@H](C2)[C@@H]1CO. The molecule has 2 bridgehead atoms. The lowest BCUT2D eigenvalue weighted by molar-refractivity contribution is 0.146. The Balaban J connectivity index is 1.60. The van der Waals surface area contributed by atoms with E-state index in [2.05, 4.69) is 20.8 Å². The molecule has 0 unspecified atom stereocenters. The maximum atomic E-state index is 11.8. The number of fused-ring (bicyclic) bond motifs is 2. The maximum absolute atomic E-state index is 11.8. The minimum absolute atomic E-state index is 0.0988. The van der Waals surface area contributed by atoms with Gasteiger partial charge in [0.25, 0.3) is 0 Å². The first-order valence-electron chi connectivity index (χ1n) is 6.22. The van der Waals surface area contributed by atoms with Crippen molar-refractivity contribution in [2.24, 2.45) is 17.8 Å². The minimum Gasteiger partial charge on any atom is -0.396 e. The lowest BCUT2D eigenvalue weighted by atomic mass is 9.85. The van der Waals surface area contributed by atoms with Crippen LogP contribution in [-0.4, -0.2) is 34.0 Å². The van der Waals surface area contributed by atoms with Crippen LogP contribution in [-0.2, 0) is 0 Å². The molecule has 4 atom stereocenters. The number of carbonyl (C=O) groups excluding carboxylic acids is 1. The number of nitrogens with zero attached hydrogens (tertiary/aromatic N) is 2. The van der Waals surface area contributed by atoms with E-state index in [0.717, 1.165) is 12.8 Å². The van der Waals surface area contributed by atoms with Crippen molar-refractivity contribution in [3.63, 3.8) is 0 Å². The molecule has 2 aliphatic rings. The highest BCUT2D eigenvalue weighted by atomic mass is 32.1. The first-order valence-corrected chi connectivity index (χ1v) is 7.10. The molecule has 3 N–H and O–H groups in total. The van der Waals surface area contributed by atoms with E-state index in [9.17, 15) is 9.90 Å². The van der Waals surface area contributed by atoms with E-state index in [1.165, 1.54) is 17.8 Å². The van der Waals surface area contributed by atoms with Crippen LogP contribution in [0, 0.1) is 17.8 Å². The summed E-state index contributed by atoms with van der Waals surface area (Å²) in [6.45, 7) is 0.158. The summed E-state index contributed by atoms with van der Waals surface area (Å²) < 4.78 is 0. The third-order valence-corrected chi connectivity index (χ3v) is 4.78. The summed E-state index contributed by atoms with van der Waals surface area (Å²) in [7, 11) is 0. The van der Waals surface area contributed by atoms with Crippen LogP contribution < -0.4 is 10.6 Å². The highest BCUT2D eigenvalue weighted by molar-refractivity contribution is 7.13. The second kappa shape index (κ2) is 4.81.